The van der Waals surface area contributed by atoms with E-state index in [9.17, 15) is 8.78 Å². The largest absolute Gasteiger partial charge is 0.204 e. The lowest BCUT2D eigenvalue weighted by Gasteiger charge is -2.29. The van der Waals surface area contributed by atoms with Crippen molar-refractivity contribution in [2.75, 3.05) is 0 Å². The van der Waals surface area contributed by atoms with E-state index < -0.39 is 11.6 Å². The zero-order chi connectivity index (χ0) is 20.5. The van der Waals surface area contributed by atoms with Crippen molar-refractivity contribution in [2.45, 2.75) is 96.8 Å². The van der Waals surface area contributed by atoms with Gasteiger partial charge in [0.25, 0.3) is 0 Å². The van der Waals surface area contributed by atoms with Crippen LogP contribution in [0.5, 0.6) is 0 Å². The van der Waals surface area contributed by atoms with Crippen molar-refractivity contribution in [2.24, 2.45) is 23.7 Å². The average molecular weight is 403 g/mol. The maximum Gasteiger partial charge on any atom is 0.159 e. The Balaban J connectivity index is 1.31. The van der Waals surface area contributed by atoms with Gasteiger partial charge in [-0.25, -0.2) is 8.78 Å². The third-order valence-corrected chi connectivity index (χ3v) is 7.48. The molecular weight excluding hydrogens is 362 g/mol. The van der Waals surface area contributed by atoms with Crippen molar-refractivity contribution in [1.29, 1.82) is 0 Å². The molecule has 2 aliphatic carbocycles. The average Bonchev–Trinajstić information content (AvgIpc) is 2.75. The standard InChI is InChI=1S/C27H40F2/c1-2-3-4-5-21-6-8-22(9-7-21)10-11-23-12-14-24(15-13-23)16-17-25-18-19-26(28)27(29)20-25/h10-11,18-24H,2-9,12-17H2,1H3/b11-10+. The first-order valence-electron chi connectivity index (χ1n) is 12.3. The fourth-order valence-electron chi connectivity index (χ4n) is 5.40. The van der Waals surface area contributed by atoms with Gasteiger partial charge in [-0.1, -0.05) is 50.8 Å². The van der Waals surface area contributed by atoms with Crippen molar-refractivity contribution in [3.63, 3.8) is 0 Å². The van der Waals surface area contributed by atoms with Gasteiger partial charge in [-0.15, -0.1) is 0 Å². The molecule has 162 valence electrons. The van der Waals surface area contributed by atoms with Crippen LogP contribution in [0.15, 0.2) is 30.4 Å². The minimum atomic E-state index is -0.744. The highest BCUT2D eigenvalue weighted by molar-refractivity contribution is 5.17. The fraction of sp³-hybridized carbons (Fsp3) is 0.704. The van der Waals surface area contributed by atoms with Crippen LogP contribution in [-0.2, 0) is 6.42 Å². The van der Waals surface area contributed by atoms with Gasteiger partial charge in [-0.05, 0) is 106 Å². The summed E-state index contributed by atoms with van der Waals surface area (Å²) in [5.41, 5.74) is 0.927. The van der Waals surface area contributed by atoms with Crippen LogP contribution in [0.25, 0.3) is 0 Å². The molecule has 0 atom stereocenters. The Morgan fingerprint density at radius 2 is 1.34 bits per heavy atom. The smallest absolute Gasteiger partial charge is 0.159 e. The zero-order valence-corrected chi connectivity index (χ0v) is 18.4. The number of allylic oxidation sites excluding steroid dienone is 2. The Morgan fingerprint density at radius 3 is 1.90 bits per heavy atom. The Bertz CT molecular complexity index is 619. The molecule has 0 radical (unpaired) electrons. The van der Waals surface area contributed by atoms with Crippen molar-refractivity contribution in [1.82, 2.24) is 0 Å². The van der Waals surface area contributed by atoms with Crippen molar-refractivity contribution < 1.29 is 8.78 Å². The van der Waals surface area contributed by atoms with E-state index in [1.807, 2.05) is 0 Å². The van der Waals surface area contributed by atoms with E-state index in [4.69, 9.17) is 0 Å². The number of unbranched alkanes of at least 4 members (excludes halogenated alkanes) is 2. The van der Waals surface area contributed by atoms with Gasteiger partial charge in [-0.2, -0.15) is 0 Å². The SMILES string of the molecule is CCCCCC1CCC(/C=C/C2CCC(CCc3ccc(F)c(F)c3)CC2)CC1. The fourth-order valence-corrected chi connectivity index (χ4v) is 5.40. The molecule has 1 aromatic carbocycles. The van der Waals surface area contributed by atoms with Gasteiger partial charge in [0.2, 0.25) is 0 Å². The molecule has 2 fully saturated rings. The first-order valence-corrected chi connectivity index (χ1v) is 12.3. The van der Waals surface area contributed by atoms with E-state index in [2.05, 4.69) is 19.1 Å². The molecule has 0 heterocycles. The van der Waals surface area contributed by atoms with Crippen LogP contribution in [0.4, 0.5) is 8.78 Å². The molecule has 1 aromatic rings. The second kappa shape index (κ2) is 11.9. The summed E-state index contributed by atoms with van der Waals surface area (Å²) in [4.78, 5) is 0. The number of benzene rings is 1. The maximum atomic E-state index is 13.3. The Hall–Kier alpha value is -1.18. The summed E-state index contributed by atoms with van der Waals surface area (Å²) < 4.78 is 26.4. The summed E-state index contributed by atoms with van der Waals surface area (Å²) >= 11 is 0. The molecule has 0 nitrogen and oxygen atoms in total. The van der Waals surface area contributed by atoms with Gasteiger partial charge >= 0.3 is 0 Å². The van der Waals surface area contributed by atoms with E-state index in [-0.39, 0.29) is 0 Å². The predicted molar refractivity (Wildman–Crippen MR) is 119 cm³/mol. The number of hydrogen-bond donors (Lipinski definition) is 0. The minimum absolute atomic E-state index is 0.716. The zero-order valence-electron chi connectivity index (χ0n) is 18.4. The molecule has 0 aromatic heterocycles. The molecule has 0 amide bonds. The highest BCUT2D eigenvalue weighted by atomic mass is 19.2. The number of halogens is 2. The van der Waals surface area contributed by atoms with Crippen molar-refractivity contribution in [3.05, 3.63) is 47.5 Å². The van der Waals surface area contributed by atoms with Crippen LogP contribution < -0.4 is 0 Å². The van der Waals surface area contributed by atoms with Crippen molar-refractivity contribution in [3.8, 4) is 0 Å². The number of aryl methyl sites for hydroxylation is 1. The van der Waals surface area contributed by atoms with Gasteiger partial charge in [0, 0.05) is 0 Å². The second-order valence-electron chi connectivity index (χ2n) is 9.73. The van der Waals surface area contributed by atoms with Gasteiger partial charge in [-0.3, -0.25) is 0 Å². The van der Waals surface area contributed by atoms with E-state index in [1.54, 1.807) is 6.07 Å². The van der Waals surface area contributed by atoms with Gasteiger partial charge in [0.1, 0.15) is 0 Å². The summed E-state index contributed by atoms with van der Waals surface area (Å²) in [5.74, 6) is 1.86. The van der Waals surface area contributed by atoms with E-state index >= 15 is 0 Å². The second-order valence-corrected chi connectivity index (χ2v) is 9.73. The lowest BCUT2D eigenvalue weighted by molar-refractivity contribution is 0.282. The molecule has 2 aliphatic rings. The Kier molecular flexibility index (Phi) is 9.21. The third-order valence-electron chi connectivity index (χ3n) is 7.48. The summed E-state index contributed by atoms with van der Waals surface area (Å²) in [6.07, 6.45) is 23.5. The monoisotopic (exact) mass is 402 g/mol. The predicted octanol–water partition coefficient (Wildman–Crippen LogP) is 8.65. The quantitative estimate of drug-likeness (QED) is 0.286. The first-order chi connectivity index (χ1) is 14.1. The lowest BCUT2D eigenvalue weighted by Crippen LogP contribution is -2.15. The molecule has 0 aliphatic heterocycles. The summed E-state index contributed by atoms with van der Waals surface area (Å²) in [6.45, 7) is 2.29. The van der Waals surface area contributed by atoms with Crippen LogP contribution in [0.3, 0.4) is 0 Å². The van der Waals surface area contributed by atoms with Crippen molar-refractivity contribution >= 4 is 0 Å². The molecule has 0 saturated heterocycles. The van der Waals surface area contributed by atoms with E-state index in [0.29, 0.717) is 0 Å². The first kappa shape index (κ1) is 22.5. The topological polar surface area (TPSA) is 0 Å². The molecular formula is C27H40F2. The molecule has 3 rings (SSSR count). The molecule has 0 unspecified atom stereocenters. The summed E-state index contributed by atoms with van der Waals surface area (Å²) in [6, 6.07) is 4.35. The molecule has 0 N–H and O–H groups in total. The number of hydrogen-bond acceptors (Lipinski definition) is 0. The normalized spacial score (nSPS) is 28.1. The maximum absolute atomic E-state index is 13.3. The highest BCUT2D eigenvalue weighted by Crippen LogP contribution is 2.35. The molecule has 2 saturated carbocycles. The lowest BCUT2D eigenvalue weighted by atomic mass is 9.77. The van der Waals surface area contributed by atoms with Gasteiger partial charge in [0.15, 0.2) is 11.6 Å². The Labute approximate surface area is 177 Å². The molecule has 29 heavy (non-hydrogen) atoms. The van der Waals surface area contributed by atoms with E-state index in [1.165, 1.54) is 89.2 Å². The van der Waals surface area contributed by atoms with Crippen LogP contribution in [0, 0.1) is 35.3 Å². The van der Waals surface area contributed by atoms with Crippen LogP contribution in [-0.4, -0.2) is 0 Å². The van der Waals surface area contributed by atoms with Crippen LogP contribution in [0.1, 0.15) is 96.0 Å². The summed E-state index contributed by atoms with van der Waals surface area (Å²) in [5, 5.41) is 0. The van der Waals surface area contributed by atoms with Crippen LogP contribution >= 0.6 is 0 Å². The number of rotatable bonds is 9. The van der Waals surface area contributed by atoms with Gasteiger partial charge < -0.3 is 0 Å². The molecule has 0 spiro atoms. The minimum Gasteiger partial charge on any atom is -0.204 e. The van der Waals surface area contributed by atoms with Gasteiger partial charge in [0.05, 0.1) is 0 Å². The molecule has 2 heteroatoms. The third kappa shape index (κ3) is 7.54. The Morgan fingerprint density at radius 1 is 0.759 bits per heavy atom. The highest BCUT2D eigenvalue weighted by Gasteiger charge is 2.22. The molecule has 0 bridgehead atoms. The summed E-state index contributed by atoms with van der Waals surface area (Å²) in [7, 11) is 0. The van der Waals surface area contributed by atoms with Crippen LogP contribution in [0.2, 0.25) is 0 Å². The van der Waals surface area contributed by atoms with E-state index in [0.717, 1.165) is 42.1 Å².